The summed E-state index contributed by atoms with van der Waals surface area (Å²) < 4.78 is 10.9. The molecule has 0 aromatic rings. The smallest absolute Gasteiger partial charge is 0.198 e. The monoisotopic (exact) mass is 226 g/mol. The fourth-order valence-corrected chi connectivity index (χ4v) is 1.94. The molecule has 1 rings (SSSR count). The third-order valence-corrected chi connectivity index (χ3v) is 2.90. The van der Waals surface area contributed by atoms with E-state index in [0.717, 1.165) is 19.3 Å². The van der Waals surface area contributed by atoms with E-state index in [9.17, 15) is 0 Å². The third-order valence-electron chi connectivity index (χ3n) is 2.24. The summed E-state index contributed by atoms with van der Waals surface area (Å²) in [5.41, 5.74) is 0. The number of ether oxygens (including phenoxy) is 2. The Morgan fingerprint density at radius 1 is 1.23 bits per heavy atom. The molecule has 2 nitrogen and oxygen atoms in total. The Bertz CT molecular complexity index is 145. The lowest BCUT2D eigenvalue weighted by atomic mass is 10.1. The van der Waals surface area contributed by atoms with Crippen LogP contribution in [-0.2, 0) is 9.47 Å². The van der Waals surface area contributed by atoms with Crippen LogP contribution in [0.3, 0.4) is 0 Å². The van der Waals surface area contributed by atoms with E-state index in [0.29, 0.717) is 13.2 Å². The minimum atomic E-state index is -0.724. The molecule has 1 saturated heterocycles. The van der Waals surface area contributed by atoms with Crippen LogP contribution < -0.4 is 0 Å². The Kier molecular flexibility index (Phi) is 4.81. The van der Waals surface area contributed by atoms with E-state index in [4.69, 9.17) is 32.7 Å². The summed E-state index contributed by atoms with van der Waals surface area (Å²) >= 11 is 11.7. The van der Waals surface area contributed by atoms with Crippen LogP contribution in [0.5, 0.6) is 0 Å². The minimum absolute atomic E-state index is 0.591. The van der Waals surface area contributed by atoms with E-state index in [2.05, 4.69) is 6.92 Å². The first-order valence-electron chi connectivity index (χ1n) is 4.77. The molecule has 0 N–H and O–H groups in total. The molecular weight excluding hydrogens is 211 g/mol. The molecule has 1 fully saturated rings. The molecule has 4 heteroatoms. The number of halogens is 2. The summed E-state index contributed by atoms with van der Waals surface area (Å²) in [4.78, 5) is -0.591. The highest BCUT2D eigenvalue weighted by atomic mass is 35.5. The topological polar surface area (TPSA) is 18.5 Å². The van der Waals surface area contributed by atoms with Crippen molar-refractivity contribution in [2.45, 2.75) is 43.2 Å². The third kappa shape index (κ3) is 2.98. The number of rotatable bonds is 5. The fraction of sp³-hybridized carbons (Fsp3) is 1.00. The molecule has 0 atom stereocenters. The first-order valence-corrected chi connectivity index (χ1v) is 5.64. The molecule has 0 bridgehead atoms. The van der Waals surface area contributed by atoms with Gasteiger partial charge in [0, 0.05) is 6.42 Å². The number of alkyl halides is 2. The van der Waals surface area contributed by atoms with Gasteiger partial charge >= 0.3 is 0 Å². The van der Waals surface area contributed by atoms with Crippen molar-refractivity contribution >= 4 is 23.2 Å². The zero-order chi connectivity index (χ0) is 9.73. The van der Waals surface area contributed by atoms with Crippen molar-refractivity contribution in [1.29, 1.82) is 0 Å². The average Bonchev–Trinajstić information content (AvgIpc) is 2.55. The molecule has 0 unspecified atom stereocenters. The number of unbranched alkanes of at least 4 members (excludes halogenated alkanes) is 2. The molecule has 1 aliphatic heterocycles. The standard InChI is InChI=1S/C9H16Cl2O2/c1-2-3-4-5-9(8(10)11)12-6-7-13-9/h8H,2-7H2,1H3. The van der Waals surface area contributed by atoms with Crippen LogP contribution in [0.4, 0.5) is 0 Å². The van der Waals surface area contributed by atoms with E-state index in [-0.39, 0.29) is 0 Å². The van der Waals surface area contributed by atoms with Gasteiger partial charge in [0.2, 0.25) is 0 Å². The summed E-state index contributed by atoms with van der Waals surface area (Å²) in [7, 11) is 0. The molecular formula is C9H16Cl2O2. The van der Waals surface area contributed by atoms with Gasteiger partial charge in [-0.1, -0.05) is 43.0 Å². The molecule has 0 aliphatic carbocycles. The summed E-state index contributed by atoms with van der Waals surface area (Å²) in [6.07, 6.45) is 4.17. The first-order chi connectivity index (χ1) is 6.21. The molecule has 1 aliphatic rings. The summed E-state index contributed by atoms with van der Waals surface area (Å²) in [6, 6.07) is 0. The van der Waals surface area contributed by atoms with E-state index in [1.165, 1.54) is 6.42 Å². The van der Waals surface area contributed by atoms with Gasteiger partial charge in [0.05, 0.1) is 13.2 Å². The van der Waals surface area contributed by atoms with Gasteiger partial charge in [-0.05, 0) is 6.42 Å². The van der Waals surface area contributed by atoms with Crippen molar-refractivity contribution < 1.29 is 9.47 Å². The Balaban J connectivity index is 2.38. The zero-order valence-corrected chi connectivity index (χ0v) is 9.40. The highest BCUT2D eigenvalue weighted by molar-refractivity contribution is 6.45. The van der Waals surface area contributed by atoms with Gasteiger partial charge < -0.3 is 9.47 Å². The van der Waals surface area contributed by atoms with Gasteiger partial charge in [0.1, 0.15) is 0 Å². The second-order valence-corrected chi connectivity index (χ2v) is 4.36. The lowest BCUT2D eigenvalue weighted by molar-refractivity contribution is -0.151. The van der Waals surface area contributed by atoms with Crippen LogP contribution in [0, 0.1) is 0 Å². The summed E-state index contributed by atoms with van der Waals surface area (Å²) in [5.74, 6) is -0.724. The van der Waals surface area contributed by atoms with E-state index in [1.54, 1.807) is 0 Å². The zero-order valence-electron chi connectivity index (χ0n) is 7.89. The maximum atomic E-state index is 5.84. The minimum Gasteiger partial charge on any atom is -0.345 e. The van der Waals surface area contributed by atoms with Gasteiger partial charge in [0.25, 0.3) is 0 Å². The Labute approximate surface area is 89.5 Å². The van der Waals surface area contributed by atoms with Crippen molar-refractivity contribution in [3.63, 3.8) is 0 Å². The number of hydrogen-bond donors (Lipinski definition) is 0. The molecule has 0 spiro atoms. The molecule has 0 amide bonds. The summed E-state index contributed by atoms with van der Waals surface area (Å²) in [5, 5.41) is 0. The van der Waals surface area contributed by atoms with Gasteiger partial charge in [-0.2, -0.15) is 0 Å². The molecule has 13 heavy (non-hydrogen) atoms. The van der Waals surface area contributed by atoms with E-state index < -0.39 is 10.6 Å². The molecule has 0 saturated carbocycles. The van der Waals surface area contributed by atoms with Crippen molar-refractivity contribution in [3.8, 4) is 0 Å². The molecule has 1 heterocycles. The quantitative estimate of drug-likeness (QED) is 0.530. The van der Waals surface area contributed by atoms with Gasteiger partial charge in [0.15, 0.2) is 10.6 Å². The fourth-order valence-electron chi connectivity index (χ4n) is 1.47. The maximum Gasteiger partial charge on any atom is 0.198 e. The van der Waals surface area contributed by atoms with Gasteiger partial charge in [-0.3, -0.25) is 0 Å². The Hall–Kier alpha value is 0.500. The molecule has 0 radical (unpaired) electrons. The highest BCUT2D eigenvalue weighted by Gasteiger charge is 2.42. The molecule has 78 valence electrons. The van der Waals surface area contributed by atoms with Crippen molar-refractivity contribution in [2.24, 2.45) is 0 Å². The normalized spacial score (nSPS) is 21.2. The van der Waals surface area contributed by atoms with Crippen LogP contribution >= 0.6 is 23.2 Å². The van der Waals surface area contributed by atoms with Crippen LogP contribution in [-0.4, -0.2) is 23.8 Å². The van der Waals surface area contributed by atoms with Crippen molar-refractivity contribution in [3.05, 3.63) is 0 Å². The second-order valence-electron chi connectivity index (χ2n) is 3.27. The van der Waals surface area contributed by atoms with E-state index in [1.807, 2.05) is 0 Å². The molecule has 0 aromatic heterocycles. The average molecular weight is 227 g/mol. The first kappa shape index (κ1) is 11.6. The Morgan fingerprint density at radius 3 is 2.31 bits per heavy atom. The van der Waals surface area contributed by atoms with Crippen molar-refractivity contribution in [1.82, 2.24) is 0 Å². The number of hydrogen-bond acceptors (Lipinski definition) is 2. The second kappa shape index (κ2) is 5.40. The predicted molar refractivity (Wildman–Crippen MR) is 54.3 cm³/mol. The molecule has 0 aromatic carbocycles. The van der Waals surface area contributed by atoms with E-state index >= 15 is 0 Å². The van der Waals surface area contributed by atoms with Crippen LogP contribution in [0.15, 0.2) is 0 Å². The SMILES string of the molecule is CCCCCC1(C(Cl)Cl)OCCO1. The van der Waals surface area contributed by atoms with Crippen LogP contribution in [0.25, 0.3) is 0 Å². The van der Waals surface area contributed by atoms with Crippen LogP contribution in [0.1, 0.15) is 32.6 Å². The lowest BCUT2D eigenvalue weighted by Gasteiger charge is -2.28. The van der Waals surface area contributed by atoms with Gasteiger partial charge in [-0.15, -0.1) is 0 Å². The highest BCUT2D eigenvalue weighted by Crippen LogP contribution is 2.34. The lowest BCUT2D eigenvalue weighted by Crippen LogP contribution is -2.37. The maximum absolute atomic E-state index is 5.84. The largest absolute Gasteiger partial charge is 0.345 e. The summed E-state index contributed by atoms with van der Waals surface area (Å²) in [6.45, 7) is 3.35. The van der Waals surface area contributed by atoms with Crippen molar-refractivity contribution in [2.75, 3.05) is 13.2 Å². The van der Waals surface area contributed by atoms with Crippen LogP contribution in [0.2, 0.25) is 0 Å². The van der Waals surface area contributed by atoms with Gasteiger partial charge in [-0.25, -0.2) is 0 Å². The predicted octanol–water partition coefficient (Wildman–Crippen LogP) is 3.11. The Morgan fingerprint density at radius 2 is 1.85 bits per heavy atom.